The Morgan fingerprint density at radius 3 is 2.64 bits per heavy atom. The van der Waals surface area contributed by atoms with Gasteiger partial charge in [0, 0.05) is 5.56 Å². The Balaban J connectivity index is 3.35. The first-order valence-electron chi connectivity index (χ1n) is 3.62. The van der Waals surface area contributed by atoms with Crippen LogP contribution in [-0.4, -0.2) is 16.1 Å². The first kappa shape index (κ1) is 11.3. The molecule has 0 aromatic carbocycles. The van der Waals surface area contributed by atoms with E-state index in [-0.39, 0.29) is 15.0 Å². The molecule has 6 heteroatoms. The molecule has 1 rings (SSSR count). The smallest absolute Gasteiger partial charge is 0.354 e. The molecule has 0 bridgehead atoms. The van der Waals surface area contributed by atoms with E-state index in [1.54, 1.807) is 22.6 Å². The zero-order chi connectivity index (χ0) is 10.9. The average Bonchev–Trinajstić information content (AvgIpc) is 2.08. The van der Waals surface area contributed by atoms with E-state index in [2.05, 4.69) is 4.98 Å². The fraction of sp³-hybridized carbons (Fsp3) is 0.250. The summed E-state index contributed by atoms with van der Waals surface area (Å²) in [6.07, 6.45) is -2.68. The van der Waals surface area contributed by atoms with Gasteiger partial charge in [-0.3, -0.25) is 0 Å². The fourth-order valence-corrected chi connectivity index (χ4v) is 1.50. The summed E-state index contributed by atoms with van der Waals surface area (Å²) in [5.74, 6) is -1.30. The summed E-state index contributed by atoms with van der Waals surface area (Å²) < 4.78 is 25.1. The number of aromatic carboxylic acids is 1. The number of aromatic nitrogens is 1. The SMILES string of the molecule is Cc1c(C(F)F)cc(C(=O)O)nc1I. The van der Waals surface area contributed by atoms with Crippen molar-refractivity contribution in [2.24, 2.45) is 0 Å². The van der Waals surface area contributed by atoms with Crippen molar-refractivity contribution in [3.05, 3.63) is 26.6 Å². The van der Waals surface area contributed by atoms with Crippen LogP contribution in [0.4, 0.5) is 8.78 Å². The van der Waals surface area contributed by atoms with Crippen LogP contribution < -0.4 is 0 Å². The Bertz CT molecular complexity index is 382. The summed E-state index contributed by atoms with van der Waals surface area (Å²) in [6, 6.07) is 0.907. The number of halogens is 3. The molecule has 0 amide bonds. The summed E-state index contributed by atoms with van der Waals surface area (Å²) in [4.78, 5) is 14.2. The molecule has 1 heterocycles. The minimum atomic E-state index is -2.68. The molecule has 3 nitrogen and oxygen atoms in total. The van der Waals surface area contributed by atoms with Crippen molar-refractivity contribution in [1.82, 2.24) is 4.98 Å². The van der Waals surface area contributed by atoms with Gasteiger partial charge in [-0.1, -0.05) is 0 Å². The Hall–Kier alpha value is -0.790. The highest BCUT2D eigenvalue weighted by atomic mass is 127. The van der Waals surface area contributed by atoms with Gasteiger partial charge in [0.05, 0.1) is 0 Å². The van der Waals surface area contributed by atoms with Gasteiger partial charge in [-0.2, -0.15) is 0 Å². The van der Waals surface area contributed by atoms with E-state index < -0.39 is 12.4 Å². The lowest BCUT2D eigenvalue weighted by atomic mass is 10.1. The summed E-state index contributed by atoms with van der Waals surface area (Å²) in [6.45, 7) is 1.49. The number of rotatable bonds is 2. The number of carbonyl (C=O) groups is 1. The highest BCUT2D eigenvalue weighted by Crippen LogP contribution is 2.25. The van der Waals surface area contributed by atoms with Crippen LogP contribution >= 0.6 is 22.6 Å². The zero-order valence-electron chi connectivity index (χ0n) is 7.09. The highest BCUT2D eigenvalue weighted by Gasteiger charge is 2.17. The number of nitrogens with zero attached hydrogens (tertiary/aromatic N) is 1. The molecule has 0 saturated heterocycles. The molecule has 0 radical (unpaired) electrons. The van der Waals surface area contributed by atoms with E-state index >= 15 is 0 Å². The van der Waals surface area contributed by atoms with Crippen LogP contribution in [0, 0.1) is 10.6 Å². The van der Waals surface area contributed by atoms with Crippen molar-refractivity contribution >= 4 is 28.6 Å². The molecule has 76 valence electrons. The second-order valence-corrected chi connectivity index (χ2v) is 3.64. The van der Waals surface area contributed by atoms with E-state index in [1.807, 2.05) is 0 Å². The highest BCUT2D eigenvalue weighted by molar-refractivity contribution is 14.1. The normalized spacial score (nSPS) is 10.6. The second-order valence-electron chi connectivity index (χ2n) is 2.62. The minimum absolute atomic E-state index is 0.276. The van der Waals surface area contributed by atoms with Gasteiger partial charge >= 0.3 is 5.97 Å². The summed E-state index contributed by atoms with van der Waals surface area (Å²) in [5, 5.41) is 8.60. The van der Waals surface area contributed by atoms with Crippen molar-refractivity contribution in [1.29, 1.82) is 0 Å². The molecule has 0 atom stereocenters. The van der Waals surface area contributed by atoms with Gasteiger partial charge in [-0.15, -0.1) is 0 Å². The van der Waals surface area contributed by atoms with Gasteiger partial charge in [-0.25, -0.2) is 18.6 Å². The van der Waals surface area contributed by atoms with Crippen molar-refractivity contribution in [3.8, 4) is 0 Å². The average molecular weight is 313 g/mol. The van der Waals surface area contributed by atoms with Crippen molar-refractivity contribution in [2.75, 3.05) is 0 Å². The van der Waals surface area contributed by atoms with Crippen LogP contribution in [0.2, 0.25) is 0 Å². The molecule has 0 aliphatic heterocycles. The molecule has 1 N–H and O–H groups in total. The molecule has 0 spiro atoms. The first-order chi connectivity index (χ1) is 6.43. The molecule has 0 aliphatic carbocycles. The third kappa shape index (κ3) is 2.17. The number of pyridine rings is 1. The summed E-state index contributed by atoms with van der Waals surface area (Å²) in [7, 11) is 0. The maximum atomic E-state index is 12.4. The summed E-state index contributed by atoms with van der Waals surface area (Å²) in [5.41, 5.74) is -0.303. The zero-order valence-corrected chi connectivity index (χ0v) is 9.25. The Labute approximate surface area is 92.3 Å². The van der Waals surface area contributed by atoms with Crippen molar-refractivity contribution < 1.29 is 18.7 Å². The molecule has 0 fully saturated rings. The number of hydrogen-bond acceptors (Lipinski definition) is 2. The van der Waals surface area contributed by atoms with Crippen LogP contribution in [0.15, 0.2) is 6.07 Å². The van der Waals surface area contributed by atoms with Crippen LogP contribution in [0.3, 0.4) is 0 Å². The van der Waals surface area contributed by atoms with Gasteiger partial charge in [0.1, 0.15) is 9.39 Å². The largest absolute Gasteiger partial charge is 0.477 e. The van der Waals surface area contributed by atoms with Gasteiger partial charge in [0.25, 0.3) is 6.43 Å². The number of carboxylic acids is 1. The molecule has 0 unspecified atom stereocenters. The predicted molar refractivity (Wildman–Crippen MR) is 53.6 cm³/mol. The predicted octanol–water partition coefficient (Wildman–Crippen LogP) is 2.63. The minimum Gasteiger partial charge on any atom is -0.477 e. The Morgan fingerprint density at radius 1 is 1.64 bits per heavy atom. The standard InChI is InChI=1S/C8H6F2INO2/c1-3-4(6(9)10)2-5(8(13)14)12-7(3)11/h2,6H,1H3,(H,13,14). The lowest BCUT2D eigenvalue weighted by Crippen LogP contribution is -2.06. The quantitative estimate of drug-likeness (QED) is 0.674. The van der Waals surface area contributed by atoms with Crippen LogP contribution in [-0.2, 0) is 0 Å². The van der Waals surface area contributed by atoms with Gasteiger partial charge in [0.15, 0.2) is 0 Å². The van der Waals surface area contributed by atoms with Crippen LogP contribution in [0.5, 0.6) is 0 Å². The maximum Gasteiger partial charge on any atom is 0.354 e. The number of alkyl halides is 2. The lowest BCUT2D eigenvalue weighted by Gasteiger charge is -2.07. The molecular weight excluding hydrogens is 307 g/mol. The molecule has 14 heavy (non-hydrogen) atoms. The number of hydrogen-bond donors (Lipinski definition) is 1. The van der Waals surface area contributed by atoms with Crippen LogP contribution in [0.1, 0.15) is 28.0 Å². The lowest BCUT2D eigenvalue weighted by molar-refractivity contribution is 0.0689. The monoisotopic (exact) mass is 313 g/mol. The first-order valence-corrected chi connectivity index (χ1v) is 4.70. The van der Waals surface area contributed by atoms with Crippen molar-refractivity contribution in [2.45, 2.75) is 13.3 Å². The molecule has 1 aromatic rings. The van der Waals surface area contributed by atoms with E-state index in [9.17, 15) is 13.6 Å². The van der Waals surface area contributed by atoms with Gasteiger partial charge in [-0.05, 0) is 41.1 Å². The van der Waals surface area contributed by atoms with E-state index in [4.69, 9.17) is 5.11 Å². The summed E-state index contributed by atoms with van der Waals surface area (Å²) >= 11 is 1.73. The third-order valence-electron chi connectivity index (χ3n) is 1.71. The van der Waals surface area contributed by atoms with E-state index in [0.29, 0.717) is 5.56 Å². The molecule has 0 aliphatic rings. The van der Waals surface area contributed by atoms with Gasteiger partial charge in [0.2, 0.25) is 0 Å². The Kier molecular flexibility index (Phi) is 3.35. The third-order valence-corrected chi connectivity index (χ3v) is 2.76. The molecular formula is C8H6F2INO2. The maximum absolute atomic E-state index is 12.4. The van der Waals surface area contributed by atoms with Gasteiger partial charge < -0.3 is 5.11 Å². The number of carboxylic acid groups (broad SMARTS) is 1. The molecule has 1 aromatic heterocycles. The van der Waals surface area contributed by atoms with Crippen LogP contribution in [0.25, 0.3) is 0 Å². The van der Waals surface area contributed by atoms with E-state index in [1.165, 1.54) is 6.92 Å². The second kappa shape index (κ2) is 4.16. The van der Waals surface area contributed by atoms with E-state index in [0.717, 1.165) is 6.07 Å². The fourth-order valence-electron chi connectivity index (χ4n) is 0.933. The molecule has 0 saturated carbocycles. The Morgan fingerprint density at radius 2 is 2.21 bits per heavy atom. The topological polar surface area (TPSA) is 50.2 Å². The van der Waals surface area contributed by atoms with Crippen molar-refractivity contribution in [3.63, 3.8) is 0 Å².